The van der Waals surface area contributed by atoms with Crippen LogP contribution in [-0.2, 0) is 0 Å². The van der Waals surface area contributed by atoms with E-state index in [0.29, 0.717) is 17.0 Å². The summed E-state index contributed by atoms with van der Waals surface area (Å²) in [5.41, 5.74) is 1.40. The van der Waals surface area contributed by atoms with Gasteiger partial charge in [-0.3, -0.25) is 14.0 Å². The molecule has 0 aliphatic heterocycles. The molecule has 2 heterocycles. The molecule has 2 aromatic heterocycles. The van der Waals surface area contributed by atoms with E-state index in [4.69, 9.17) is 4.74 Å². The van der Waals surface area contributed by atoms with Crippen molar-refractivity contribution < 1.29 is 14.3 Å². The van der Waals surface area contributed by atoms with E-state index in [-0.39, 0.29) is 23.5 Å². The number of hydrogen-bond donors (Lipinski definition) is 2. The van der Waals surface area contributed by atoms with Crippen LogP contribution in [0.4, 0.5) is 5.69 Å². The highest BCUT2D eigenvalue weighted by atomic mass is 16.5. The zero-order valence-electron chi connectivity index (χ0n) is 15.6. The van der Waals surface area contributed by atoms with Gasteiger partial charge in [-0.05, 0) is 37.1 Å². The fourth-order valence-corrected chi connectivity index (χ4v) is 3.62. The van der Waals surface area contributed by atoms with Crippen LogP contribution in [-0.4, -0.2) is 34.4 Å². The van der Waals surface area contributed by atoms with Crippen LogP contribution in [0.15, 0.2) is 48.7 Å². The van der Waals surface area contributed by atoms with Crippen LogP contribution in [0.1, 0.15) is 46.8 Å². The monoisotopic (exact) mass is 378 g/mol. The standard InChI is InChI=1S/C21H22N4O3/c1-28-17-12-5-4-10-15(17)23-21(27)19-24-18(16-11-6-7-13-25(16)19)20(26)22-14-8-2-3-9-14/h4-7,10-14H,2-3,8-9H2,1H3,(H,22,26)(H,23,27). The quantitative estimate of drug-likeness (QED) is 0.714. The van der Waals surface area contributed by atoms with Crippen LogP contribution in [0, 0.1) is 0 Å². The molecule has 1 aliphatic rings. The van der Waals surface area contributed by atoms with Crippen molar-refractivity contribution in [2.24, 2.45) is 0 Å². The van der Waals surface area contributed by atoms with E-state index in [1.165, 1.54) is 0 Å². The van der Waals surface area contributed by atoms with Gasteiger partial charge in [0.2, 0.25) is 5.82 Å². The number of hydrogen-bond acceptors (Lipinski definition) is 4. The Morgan fingerprint density at radius 1 is 1.07 bits per heavy atom. The molecule has 1 saturated carbocycles. The summed E-state index contributed by atoms with van der Waals surface area (Å²) in [6.45, 7) is 0. The Kier molecular flexibility index (Phi) is 4.97. The lowest BCUT2D eigenvalue weighted by Gasteiger charge is -2.10. The van der Waals surface area contributed by atoms with Gasteiger partial charge in [0.15, 0.2) is 5.69 Å². The minimum Gasteiger partial charge on any atom is -0.495 e. The van der Waals surface area contributed by atoms with E-state index in [2.05, 4.69) is 15.6 Å². The van der Waals surface area contributed by atoms with Gasteiger partial charge in [0.25, 0.3) is 11.8 Å². The number of aromatic nitrogens is 2. The molecule has 7 nitrogen and oxygen atoms in total. The first-order valence-corrected chi connectivity index (χ1v) is 9.39. The van der Waals surface area contributed by atoms with E-state index in [9.17, 15) is 9.59 Å². The maximum Gasteiger partial charge on any atom is 0.292 e. The van der Waals surface area contributed by atoms with E-state index in [1.54, 1.807) is 42.0 Å². The molecule has 2 N–H and O–H groups in total. The number of ether oxygens (including phenoxy) is 1. The highest BCUT2D eigenvalue weighted by Gasteiger charge is 2.24. The van der Waals surface area contributed by atoms with Crippen molar-refractivity contribution in [1.82, 2.24) is 14.7 Å². The summed E-state index contributed by atoms with van der Waals surface area (Å²) in [7, 11) is 1.54. The number of rotatable bonds is 5. The Bertz CT molecular complexity index is 1020. The summed E-state index contributed by atoms with van der Waals surface area (Å²) in [6, 6.07) is 12.7. The summed E-state index contributed by atoms with van der Waals surface area (Å²) in [5, 5.41) is 5.86. The smallest absolute Gasteiger partial charge is 0.292 e. The van der Waals surface area contributed by atoms with Crippen molar-refractivity contribution in [3.8, 4) is 5.75 Å². The van der Waals surface area contributed by atoms with Crippen molar-refractivity contribution in [1.29, 1.82) is 0 Å². The predicted octanol–water partition coefficient (Wildman–Crippen LogP) is 3.27. The fourth-order valence-electron chi connectivity index (χ4n) is 3.62. The van der Waals surface area contributed by atoms with Gasteiger partial charge in [-0.25, -0.2) is 4.98 Å². The fraction of sp³-hybridized carbons (Fsp3) is 0.286. The average Bonchev–Trinajstić information content (AvgIpc) is 3.36. The molecule has 0 unspecified atom stereocenters. The molecule has 0 bridgehead atoms. The first-order chi connectivity index (χ1) is 13.7. The minimum absolute atomic E-state index is 0.151. The summed E-state index contributed by atoms with van der Waals surface area (Å²) in [4.78, 5) is 30.0. The lowest BCUT2D eigenvalue weighted by Crippen LogP contribution is -2.33. The van der Waals surface area contributed by atoms with Gasteiger partial charge in [0.05, 0.1) is 18.3 Å². The molecule has 0 atom stereocenters. The van der Waals surface area contributed by atoms with Gasteiger partial charge in [0, 0.05) is 12.2 Å². The maximum atomic E-state index is 12.9. The van der Waals surface area contributed by atoms with Crippen molar-refractivity contribution in [3.05, 3.63) is 60.2 Å². The summed E-state index contributed by atoms with van der Waals surface area (Å²) >= 11 is 0. The van der Waals surface area contributed by atoms with E-state index in [1.807, 2.05) is 18.2 Å². The third-order valence-electron chi connectivity index (χ3n) is 5.01. The topological polar surface area (TPSA) is 84.7 Å². The number of nitrogens with zero attached hydrogens (tertiary/aromatic N) is 2. The Hall–Kier alpha value is -3.35. The molecule has 0 spiro atoms. The van der Waals surface area contributed by atoms with Crippen molar-refractivity contribution >= 4 is 23.0 Å². The van der Waals surface area contributed by atoms with Crippen LogP contribution in [0.2, 0.25) is 0 Å². The molecule has 1 aromatic carbocycles. The molecule has 28 heavy (non-hydrogen) atoms. The number of carbonyl (C=O) groups is 2. The first-order valence-electron chi connectivity index (χ1n) is 9.39. The number of amides is 2. The third-order valence-corrected chi connectivity index (χ3v) is 5.01. The first kappa shape index (κ1) is 18.0. The number of imidazole rings is 1. The second-order valence-electron chi connectivity index (χ2n) is 6.85. The number of para-hydroxylation sites is 2. The number of benzene rings is 1. The van der Waals surface area contributed by atoms with Crippen LogP contribution in [0.5, 0.6) is 5.75 Å². The van der Waals surface area contributed by atoms with Gasteiger partial charge in [0.1, 0.15) is 5.75 Å². The summed E-state index contributed by atoms with van der Waals surface area (Å²) in [6.07, 6.45) is 5.95. The second-order valence-corrected chi connectivity index (χ2v) is 6.85. The lowest BCUT2D eigenvalue weighted by atomic mass is 10.2. The number of pyridine rings is 1. The maximum absolute atomic E-state index is 12.9. The molecule has 0 saturated heterocycles. The summed E-state index contributed by atoms with van der Waals surface area (Å²) < 4.78 is 6.91. The Labute approximate surface area is 162 Å². The van der Waals surface area contributed by atoms with E-state index in [0.717, 1.165) is 25.7 Å². The Morgan fingerprint density at radius 2 is 1.82 bits per heavy atom. The molecule has 2 amide bonds. The number of anilines is 1. The molecular formula is C21H22N4O3. The van der Waals surface area contributed by atoms with Gasteiger partial charge < -0.3 is 15.4 Å². The van der Waals surface area contributed by atoms with Crippen LogP contribution in [0.3, 0.4) is 0 Å². The van der Waals surface area contributed by atoms with Crippen molar-refractivity contribution in [3.63, 3.8) is 0 Å². The molecule has 0 radical (unpaired) electrons. The highest BCUT2D eigenvalue weighted by molar-refractivity contribution is 6.06. The van der Waals surface area contributed by atoms with Gasteiger partial charge in [-0.2, -0.15) is 0 Å². The van der Waals surface area contributed by atoms with Crippen molar-refractivity contribution in [2.75, 3.05) is 12.4 Å². The van der Waals surface area contributed by atoms with Gasteiger partial charge in [-0.15, -0.1) is 0 Å². The van der Waals surface area contributed by atoms with E-state index >= 15 is 0 Å². The molecule has 3 aromatic rings. The largest absolute Gasteiger partial charge is 0.495 e. The van der Waals surface area contributed by atoms with E-state index < -0.39 is 5.91 Å². The SMILES string of the molecule is COc1ccccc1NC(=O)c1nc(C(=O)NC2CCCC2)c2ccccn12. The zero-order chi connectivity index (χ0) is 19.5. The number of nitrogens with one attached hydrogen (secondary N) is 2. The van der Waals surface area contributed by atoms with Gasteiger partial charge in [-0.1, -0.05) is 31.0 Å². The third kappa shape index (κ3) is 3.43. The van der Waals surface area contributed by atoms with Gasteiger partial charge >= 0.3 is 0 Å². The number of methoxy groups -OCH3 is 1. The molecule has 7 heteroatoms. The Morgan fingerprint density at radius 3 is 2.61 bits per heavy atom. The number of carbonyl (C=O) groups excluding carboxylic acids is 2. The average molecular weight is 378 g/mol. The molecule has 4 rings (SSSR count). The Balaban J connectivity index is 1.65. The predicted molar refractivity (Wildman–Crippen MR) is 106 cm³/mol. The highest BCUT2D eigenvalue weighted by Crippen LogP contribution is 2.24. The van der Waals surface area contributed by atoms with Crippen LogP contribution >= 0.6 is 0 Å². The minimum atomic E-state index is -0.411. The molecular weight excluding hydrogens is 356 g/mol. The zero-order valence-corrected chi connectivity index (χ0v) is 15.6. The summed E-state index contributed by atoms with van der Waals surface area (Å²) in [5.74, 6) is 0.0477. The normalized spacial score (nSPS) is 14.2. The second kappa shape index (κ2) is 7.72. The molecule has 1 fully saturated rings. The lowest BCUT2D eigenvalue weighted by molar-refractivity contribution is 0.0935. The molecule has 1 aliphatic carbocycles. The van der Waals surface area contributed by atoms with Crippen LogP contribution in [0.25, 0.3) is 5.52 Å². The van der Waals surface area contributed by atoms with Crippen molar-refractivity contribution in [2.45, 2.75) is 31.7 Å². The van der Waals surface area contributed by atoms with Crippen LogP contribution < -0.4 is 15.4 Å². The molecule has 144 valence electrons. The number of fused-ring (bicyclic) bond motifs is 1.